The number of halogens is 1. The smallest absolute Gasteiger partial charge is 0.126 e. The van der Waals surface area contributed by atoms with Crippen molar-refractivity contribution in [1.29, 1.82) is 0 Å². The second-order valence-corrected chi connectivity index (χ2v) is 4.78. The van der Waals surface area contributed by atoms with Crippen LogP contribution in [0.25, 0.3) is 0 Å². The molecule has 3 heteroatoms. The number of hydrogen-bond donors (Lipinski definition) is 0. The lowest BCUT2D eigenvalue weighted by molar-refractivity contribution is 0.0679. The van der Waals surface area contributed by atoms with E-state index in [4.69, 9.17) is 9.47 Å². The van der Waals surface area contributed by atoms with Crippen molar-refractivity contribution in [2.45, 2.75) is 38.7 Å². The van der Waals surface area contributed by atoms with E-state index in [1.165, 1.54) is 6.07 Å². The Hall–Kier alpha value is -1.09. The monoisotopic (exact) mass is 238 g/mol. The van der Waals surface area contributed by atoms with Gasteiger partial charge in [0.15, 0.2) is 0 Å². The Morgan fingerprint density at radius 2 is 2.29 bits per heavy atom. The van der Waals surface area contributed by atoms with Crippen LogP contribution in [0.2, 0.25) is 0 Å². The average Bonchev–Trinajstić information content (AvgIpc) is 2.80. The van der Waals surface area contributed by atoms with Crippen molar-refractivity contribution < 1.29 is 13.9 Å². The number of rotatable bonds is 4. The van der Waals surface area contributed by atoms with Crippen LogP contribution in [0, 0.1) is 5.82 Å². The van der Waals surface area contributed by atoms with Crippen molar-refractivity contribution in [2.24, 2.45) is 0 Å². The second-order valence-electron chi connectivity index (χ2n) is 4.78. The van der Waals surface area contributed by atoms with Crippen molar-refractivity contribution in [3.8, 4) is 5.75 Å². The zero-order valence-electron chi connectivity index (χ0n) is 10.4. The maximum Gasteiger partial charge on any atom is 0.126 e. The largest absolute Gasteiger partial charge is 0.491 e. The summed E-state index contributed by atoms with van der Waals surface area (Å²) >= 11 is 0. The lowest BCUT2D eigenvalue weighted by atomic mass is 10.0. The first-order valence-electron chi connectivity index (χ1n) is 6.20. The quantitative estimate of drug-likeness (QED) is 0.799. The Kier molecular flexibility index (Phi) is 4.00. The first-order valence-corrected chi connectivity index (χ1v) is 6.20. The van der Waals surface area contributed by atoms with E-state index in [1.807, 2.05) is 13.8 Å². The molecule has 1 fully saturated rings. The van der Waals surface area contributed by atoms with Gasteiger partial charge in [-0.3, -0.25) is 0 Å². The highest BCUT2D eigenvalue weighted by Crippen LogP contribution is 2.24. The normalized spacial score (nSPS) is 19.9. The molecule has 17 heavy (non-hydrogen) atoms. The minimum atomic E-state index is -0.163. The third-order valence-corrected chi connectivity index (χ3v) is 3.05. The van der Waals surface area contributed by atoms with Crippen LogP contribution in [0.1, 0.15) is 38.2 Å². The van der Waals surface area contributed by atoms with Crippen LogP contribution in [0.5, 0.6) is 5.75 Å². The maximum atomic E-state index is 13.5. The first-order chi connectivity index (χ1) is 8.16. The van der Waals surface area contributed by atoms with E-state index in [1.54, 1.807) is 12.1 Å². The molecule has 1 aromatic carbocycles. The van der Waals surface area contributed by atoms with Gasteiger partial charge in [-0.25, -0.2) is 4.39 Å². The fraction of sp³-hybridized carbons (Fsp3) is 0.571. The van der Waals surface area contributed by atoms with Crippen molar-refractivity contribution in [3.05, 3.63) is 29.6 Å². The van der Waals surface area contributed by atoms with Crippen LogP contribution in [0.15, 0.2) is 18.2 Å². The summed E-state index contributed by atoms with van der Waals surface area (Å²) < 4.78 is 24.6. The van der Waals surface area contributed by atoms with Gasteiger partial charge < -0.3 is 9.47 Å². The van der Waals surface area contributed by atoms with Crippen LogP contribution >= 0.6 is 0 Å². The molecule has 1 aromatic rings. The highest BCUT2D eigenvalue weighted by Gasteiger charge is 2.16. The van der Waals surface area contributed by atoms with E-state index in [2.05, 4.69) is 0 Å². The van der Waals surface area contributed by atoms with Crippen LogP contribution < -0.4 is 4.74 Å². The number of benzene rings is 1. The average molecular weight is 238 g/mol. The minimum Gasteiger partial charge on any atom is -0.491 e. The summed E-state index contributed by atoms with van der Waals surface area (Å²) in [7, 11) is 0. The molecule has 0 N–H and O–H groups in total. The SMILES string of the molecule is CC(C)c1cc(OC[C@H]2CCCO2)ccc1F. The van der Waals surface area contributed by atoms with Gasteiger partial charge in [0.1, 0.15) is 18.2 Å². The zero-order chi connectivity index (χ0) is 12.3. The van der Waals surface area contributed by atoms with Gasteiger partial charge >= 0.3 is 0 Å². The maximum absolute atomic E-state index is 13.5. The Bertz CT molecular complexity index is 370. The number of ether oxygens (including phenoxy) is 2. The van der Waals surface area contributed by atoms with Gasteiger partial charge in [-0.15, -0.1) is 0 Å². The van der Waals surface area contributed by atoms with Crippen LogP contribution in [0.3, 0.4) is 0 Å². The molecule has 0 saturated carbocycles. The summed E-state index contributed by atoms with van der Waals surface area (Å²) in [6.45, 7) is 5.34. The van der Waals surface area contributed by atoms with Gasteiger partial charge in [0.2, 0.25) is 0 Å². The van der Waals surface area contributed by atoms with Crippen LogP contribution in [-0.4, -0.2) is 19.3 Å². The highest BCUT2D eigenvalue weighted by molar-refractivity contribution is 5.31. The van der Waals surface area contributed by atoms with E-state index >= 15 is 0 Å². The van der Waals surface area contributed by atoms with E-state index in [0.717, 1.165) is 25.2 Å². The van der Waals surface area contributed by atoms with E-state index < -0.39 is 0 Å². The number of hydrogen-bond acceptors (Lipinski definition) is 2. The molecular formula is C14H19FO2. The summed E-state index contributed by atoms with van der Waals surface area (Å²) in [5, 5.41) is 0. The van der Waals surface area contributed by atoms with Crippen molar-refractivity contribution in [3.63, 3.8) is 0 Å². The van der Waals surface area contributed by atoms with Gasteiger partial charge in [-0.05, 0) is 42.5 Å². The highest BCUT2D eigenvalue weighted by atomic mass is 19.1. The fourth-order valence-corrected chi connectivity index (χ4v) is 2.02. The van der Waals surface area contributed by atoms with Gasteiger partial charge in [0, 0.05) is 6.61 Å². The Morgan fingerprint density at radius 1 is 1.47 bits per heavy atom. The van der Waals surface area contributed by atoms with Gasteiger partial charge in [0.25, 0.3) is 0 Å². The zero-order valence-corrected chi connectivity index (χ0v) is 10.4. The standard InChI is InChI=1S/C14H19FO2/c1-10(2)13-8-11(5-6-14(13)15)17-9-12-4-3-7-16-12/h5-6,8,10,12H,3-4,7,9H2,1-2H3/t12-/m1/s1. The molecule has 2 rings (SSSR count). The molecular weight excluding hydrogens is 219 g/mol. The molecule has 1 aliphatic rings. The molecule has 1 heterocycles. The molecule has 1 atom stereocenters. The molecule has 0 amide bonds. The predicted octanol–water partition coefficient (Wildman–Crippen LogP) is 3.51. The Balaban J connectivity index is 1.98. The molecule has 1 aliphatic heterocycles. The van der Waals surface area contributed by atoms with E-state index in [-0.39, 0.29) is 17.8 Å². The third-order valence-electron chi connectivity index (χ3n) is 3.05. The first kappa shape index (κ1) is 12.4. The molecule has 2 nitrogen and oxygen atoms in total. The molecule has 0 spiro atoms. The van der Waals surface area contributed by atoms with Crippen LogP contribution in [0.4, 0.5) is 4.39 Å². The molecule has 0 aromatic heterocycles. The summed E-state index contributed by atoms with van der Waals surface area (Å²) in [5.41, 5.74) is 0.704. The lowest BCUT2D eigenvalue weighted by Crippen LogP contribution is -2.16. The summed E-state index contributed by atoms with van der Waals surface area (Å²) in [4.78, 5) is 0. The van der Waals surface area contributed by atoms with Gasteiger partial charge in [0.05, 0.1) is 6.10 Å². The van der Waals surface area contributed by atoms with Gasteiger partial charge in [-0.2, -0.15) is 0 Å². The topological polar surface area (TPSA) is 18.5 Å². The fourth-order valence-electron chi connectivity index (χ4n) is 2.02. The predicted molar refractivity (Wildman–Crippen MR) is 65.0 cm³/mol. The Morgan fingerprint density at radius 3 is 2.94 bits per heavy atom. The second kappa shape index (κ2) is 5.50. The van der Waals surface area contributed by atoms with Crippen LogP contribution in [-0.2, 0) is 4.74 Å². The van der Waals surface area contributed by atoms with Crippen molar-refractivity contribution in [1.82, 2.24) is 0 Å². The Labute approximate surface area is 102 Å². The van der Waals surface area contributed by atoms with Crippen molar-refractivity contribution >= 4 is 0 Å². The summed E-state index contributed by atoms with van der Waals surface area (Å²) in [5.74, 6) is 0.733. The molecule has 0 radical (unpaired) electrons. The summed E-state index contributed by atoms with van der Waals surface area (Å²) in [6.07, 6.45) is 2.36. The van der Waals surface area contributed by atoms with Crippen molar-refractivity contribution in [2.75, 3.05) is 13.2 Å². The van der Waals surface area contributed by atoms with E-state index in [9.17, 15) is 4.39 Å². The molecule has 1 saturated heterocycles. The minimum absolute atomic E-state index is 0.163. The van der Waals surface area contributed by atoms with E-state index in [0.29, 0.717) is 12.2 Å². The summed E-state index contributed by atoms with van der Waals surface area (Å²) in [6, 6.07) is 4.94. The molecule has 0 bridgehead atoms. The molecule has 94 valence electrons. The molecule has 0 aliphatic carbocycles. The van der Waals surface area contributed by atoms with Gasteiger partial charge in [-0.1, -0.05) is 13.8 Å². The third kappa shape index (κ3) is 3.19. The lowest BCUT2D eigenvalue weighted by Gasteiger charge is -2.13. The molecule has 0 unspecified atom stereocenters.